The molecule has 1 fully saturated rings. The molecule has 1 heterocycles. The van der Waals surface area contributed by atoms with Gasteiger partial charge < -0.3 is 0 Å². The Hall–Kier alpha value is 1.06. The Morgan fingerprint density at radius 3 is 2.67 bits per heavy atom. The summed E-state index contributed by atoms with van der Waals surface area (Å²) in [5.74, 6) is 0. The fraction of sp³-hybridized carbons (Fsp3) is 1.00. The van der Waals surface area contributed by atoms with Crippen molar-refractivity contribution in [1.29, 1.82) is 0 Å². The molecule has 0 bridgehead atoms. The molecule has 0 saturated carbocycles. The Bertz CT molecular complexity index is 95.0. The van der Waals surface area contributed by atoms with Gasteiger partial charge in [-0.2, -0.15) is 0 Å². The van der Waals surface area contributed by atoms with Gasteiger partial charge in [-0.1, -0.05) is 0 Å². The number of ether oxygens (including phenoxy) is 1. The third kappa shape index (κ3) is 2.28. The average molecular weight is 249 g/mol. The molecule has 0 aliphatic carbocycles. The first-order valence-electron chi connectivity index (χ1n) is 3.40. The van der Waals surface area contributed by atoms with E-state index in [1.807, 2.05) is 0 Å². The summed E-state index contributed by atoms with van der Waals surface area (Å²) in [7, 11) is 5.29. The summed E-state index contributed by atoms with van der Waals surface area (Å²) in [6.45, 7) is 0.964. The van der Waals surface area contributed by atoms with Gasteiger partial charge >= 0.3 is 73.6 Å². The molecule has 50 valence electrons. The van der Waals surface area contributed by atoms with Crippen molar-refractivity contribution in [3.63, 3.8) is 0 Å². The second-order valence-corrected chi connectivity index (χ2v) is 9.51. The minimum atomic E-state index is -0.393. The molecular formula is C5H12BOSbSi. The molecule has 1 unspecified atom stereocenters. The van der Waals surface area contributed by atoms with Crippen LogP contribution in [0.5, 0.6) is 0 Å². The van der Waals surface area contributed by atoms with E-state index in [4.69, 9.17) is 12.2 Å². The van der Waals surface area contributed by atoms with Crippen molar-refractivity contribution in [2.24, 2.45) is 0 Å². The van der Waals surface area contributed by atoms with E-state index in [1.165, 1.54) is 42.3 Å². The summed E-state index contributed by atoms with van der Waals surface area (Å²) >= 11 is 1.21. The molecule has 1 aliphatic rings. The predicted molar refractivity (Wildman–Crippen MR) is 45.4 cm³/mol. The van der Waals surface area contributed by atoms with Gasteiger partial charge in [0.05, 0.1) is 0 Å². The molecule has 0 spiro atoms. The molecule has 0 aromatic rings. The first-order valence-corrected chi connectivity index (χ1v) is 6.57. The molecular weight excluding hydrogens is 237 g/mol. The average Bonchev–Trinajstić information content (AvgIpc) is 1.90. The summed E-state index contributed by atoms with van der Waals surface area (Å²) in [4.78, 5) is 0. The maximum absolute atomic E-state index is 5.68. The van der Waals surface area contributed by atoms with Gasteiger partial charge in [-0.05, 0) is 0 Å². The van der Waals surface area contributed by atoms with Crippen molar-refractivity contribution < 1.29 is 4.74 Å². The number of hydrogen-bond acceptors (Lipinski definition) is 1. The second-order valence-electron chi connectivity index (χ2n) is 2.57. The monoisotopic (exact) mass is 248 g/mol. The summed E-state index contributed by atoms with van der Waals surface area (Å²) in [5, 5.41) is 0. The molecule has 1 rings (SSSR count). The van der Waals surface area contributed by atoms with Crippen molar-refractivity contribution in [1.82, 2.24) is 0 Å². The van der Waals surface area contributed by atoms with Crippen LogP contribution < -0.4 is 0 Å². The van der Waals surface area contributed by atoms with E-state index in [0.29, 0.717) is 0 Å². The van der Waals surface area contributed by atoms with Crippen LogP contribution in [0.1, 0.15) is 19.3 Å². The summed E-state index contributed by atoms with van der Waals surface area (Å²) < 4.78 is 5.88. The van der Waals surface area contributed by atoms with Crippen LogP contribution in [-0.2, 0) is 4.74 Å². The molecule has 1 atom stereocenters. The molecule has 2 radical (unpaired) electrons. The van der Waals surface area contributed by atoms with Crippen molar-refractivity contribution in [3.05, 3.63) is 0 Å². The van der Waals surface area contributed by atoms with Gasteiger partial charge in [-0.15, -0.1) is 0 Å². The summed E-state index contributed by atoms with van der Waals surface area (Å²) in [6, 6.07) is 0. The third-order valence-corrected chi connectivity index (χ3v) is 6.30. The van der Waals surface area contributed by atoms with Crippen molar-refractivity contribution in [3.8, 4) is 0 Å². The van der Waals surface area contributed by atoms with Crippen LogP contribution in [0.4, 0.5) is 0 Å². The van der Waals surface area contributed by atoms with E-state index in [2.05, 4.69) is 0 Å². The Morgan fingerprint density at radius 2 is 2.33 bits per heavy atom. The van der Waals surface area contributed by atoms with E-state index >= 15 is 0 Å². The molecule has 0 aromatic heterocycles. The molecule has 4 heteroatoms. The van der Waals surface area contributed by atoms with Gasteiger partial charge in [0.1, 0.15) is 0 Å². The Kier molecular flexibility index (Phi) is 3.13. The first-order chi connectivity index (χ1) is 4.27. The summed E-state index contributed by atoms with van der Waals surface area (Å²) in [6.07, 6.45) is 3.83. The van der Waals surface area contributed by atoms with Crippen LogP contribution in [0.25, 0.3) is 0 Å². The molecule has 1 saturated heterocycles. The van der Waals surface area contributed by atoms with E-state index in [-0.39, 0.29) is 3.17 Å². The van der Waals surface area contributed by atoms with Crippen LogP contribution in [0.3, 0.4) is 0 Å². The quantitative estimate of drug-likeness (QED) is 0.526. The van der Waals surface area contributed by atoms with E-state index in [1.54, 1.807) is 0 Å². The van der Waals surface area contributed by atoms with Crippen LogP contribution in [-0.4, -0.2) is 49.6 Å². The van der Waals surface area contributed by atoms with Gasteiger partial charge in [0, 0.05) is 0 Å². The van der Waals surface area contributed by atoms with Gasteiger partial charge in [0.25, 0.3) is 0 Å². The Morgan fingerprint density at radius 1 is 1.56 bits per heavy atom. The fourth-order valence-corrected chi connectivity index (χ4v) is 2.67. The Labute approximate surface area is 73.6 Å². The van der Waals surface area contributed by atoms with Crippen LogP contribution >= 0.6 is 0 Å². The summed E-state index contributed by atoms with van der Waals surface area (Å²) in [5.41, 5.74) is 0. The van der Waals surface area contributed by atoms with Crippen LogP contribution in [0.2, 0.25) is 0 Å². The predicted octanol–water partition coefficient (Wildman–Crippen LogP) is -1.27. The van der Waals surface area contributed by atoms with Crippen molar-refractivity contribution in [2.45, 2.75) is 22.4 Å². The first kappa shape index (κ1) is 8.16. The Balaban J connectivity index is 2.37. The number of hydrogen-bond donors (Lipinski definition) is 0. The zero-order chi connectivity index (χ0) is 6.74. The normalized spacial score (nSPS) is 37.9. The van der Waals surface area contributed by atoms with Gasteiger partial charge in [0.15, 0.2) is 0 Å². The zero-order valence-electron chi connectivity index (χ0n) is 5.60. The SMILES string of the molecule is [B][SiH2][C]1([SbH2])CCCCO1. The standard InChI is InChI=1S/C5H10BOSi.Sb.2H/c6-8-5-3-1-2-4-7-5;;;/h1-4,8H2;;;. The van der Waals surface area contributed by atoms with Gasteiger partial charge in [0.2, 0.25) is 0 Å². The third-order valence-electron chi connectivity index (χ3n) is 1.73. The second kappa shape index (κ2) is 3.45. The van der Waals surface area contributed by atoms with Crippen molar-refractivity contribution >= 4 is 39.9 Å². The molecule has 1 nitrogen and oxygen atoms in total. The molecule has 9 heavy (non-hydrogen) atoms. The fourth-order valence-electron chi connectivity index (χ4n) is 1.03. The van der Waals surface area contributed by atoms with E-state index in [9.17, 15) is 0 Å². The number of rotatable bonds is 1. The zero-order valence-corrected chi connectivity index (χ0v) is 10.3. The molecule has 0 N–H and O–H groups in total. The van der Waals surface area contributed by atoms with Crippen molar-refractivity contribution in [2.75, 3.05) is 6.61 Å². The maximum atomic E-state index is 5.68. The van der Waals surface area contributed by atoms with Gasteiger partial charge in [-0.3, -0.25) is 0 Å². The van der Waals surface area contributed by atoms with Crippen LogP contribution in [0, 0.1) is 0 Å². The molecule has 1 aliphatic heterocycles. The van der Waals surface area contributed by atoms with E-state index < -0.39 is 9.39 Å². The van der Waals surface area contributed by atoms with Crippen LogP contribution in [0.15, 0.2) is 0 Å². The molecule has 0 amide bonds. The van der Waals surface area contributed by atoms with Gasteiger partial charge in [-0.25, -0.2) is 0 Å². The van der Waals surface area contributed by atoms with E-state index in [0.717, 1.165) is 6.61 Å². The molecule has 0 aromatic carbocycles. The topological polar surface area (TPSA) is 9.23 Å². The minimum absolute atomic E-state index is 0.267.